The molecule has 80 valence electrons. The first-order valence-corrected chi connectivity index (χ1v) is 5.43. The van der Waals surface area contributed by atoms with Crippen LogP contribution in [0.1, 0.15) is 19.3 Å². The molecule has 1 fully saturated rings. The molecule has 3 nitrogen and oxygen atoms in total. The van der Waals surface area contributed by atoms with E-state index < -0.39 is 0 Å². The largest absolute Gasteiger partial charge is 0.377 e. The molecule has 1 heterocycles. The summed E-state index contributed by atoms with van der Waals surface area (Å²) in [5.41, 5.74) is 0. The third-order valence-corrected chi connectivity index (χ3v) is 3.01. The minimum atomic E-state index is 0.227. The maximum Gasteiger partial charge on any atom is 0.0979 e. The Morgan fingerprint density at radius 3 is 3.07 bits per heavy atom. The van der Waals surface area contributed by atoms with E-state index in [1.54, 1.807) is 7.11 Å². The van der Waals surface area contributed by atoms with Crippen molar-refractivity contribution in [3.8, 4) is 0 Å². The number of hydrogen-bond donors (Lipinski definition) is 1. The van der Waals surface area contributed by atoms with Crippen LogP contribution in [0.5, 0.6) is 0 Å². The molecule has 1 aliphatic carbocycles. The number of rotatable bonds is 3. The zero-order chi connectivity index (χ0) is 9.80. The first-order valence-electron chi connectivity index (χ1n) is 5.43. The minimum absolute atomic E-state index is 0.227. The zero-order valence-electron chi connectivity index (χ0n) is 8.74. The summed E-state index contributed by atoms with van der Waals surface area (Å²) >= 11 is 0. The van der Waals surface area contributed by atoms with Crippen molar-refractivity contribution < 1.29 is 9.47 Å². The third kappa shape index (κ3) is 2.35. The van der Waals surface area contributed by atoms with E-state index in [4.69, 9.17) is 9.47 Å². The lowest BCUT2D eigenvalue weighted by Gasteiger charge is -2.24. The molecule has 3 heteroatoms. The van der Waals surface area contributed by atoms with Gasteiger partial charge in [0.2, 0.25) is 0 Å². The molecular weight excluding hydrogens is 178 g/mol. The number of nitrogens with one attached hydrogen (secondary N) is 1. The number of methoxy groups -OCH3 is 1. The minimum Gasteiger partial charge on any atom is -0.377 e. The van der Waals surface area contributed by atoms with Crippen LogP contribution in [0.4, 0.5) is 0 Å². The van der Waals surface area contributed by atoms with Gasteiger partial charge in [0.15, 0.2) is 0 Å². The van der Waals surface area contributed by atoms with E-state index in [1.165, 1.54) is 19.3 Å². The van der Waals surface area contributed by atoms with Gasteiger partial charge in [0.25, 0.3) is 0 Å². The molecule has 0 bridgehead atoms. The molecule has 1 N–H and O–H groups in total. The number of ether oxygens (including phenoxy) is 2. The molecule has 0 amide bonds. The highest BCUT2D eigenvalue weighted by Crippen LogP contribution is 2.15. The van der Waals surface area contributed by atoms with Crippen molar-refractivity contribution in [3.63, 3.8) is 0 Å². The molecule has 0 spiro atoms. The van der Waals surface area contributed by atoms with Crippen molar-refractivity contribution in [2.24, 2.45) is 0 Å². The van der Waals surface area contributed by atoms with Gasteiger partial charge in [-0.3, -0.25) is 0 Å². The highest BCUT2D eigenvalue weighted by molar-refractivity contribution is 5.00. The van der Waals surface area contributed by atoms with E-state index in [2.05, 4.69) is 17.5 Å². The summed E-state index contributed by atoms with van der Waals surface area (Å²) in [6.45, 7) is 1.51. The van der Waals surface area contributed by atoms with Gasteiger partial charge in [-0.25, -0.2) is 0 Å². The Bertz CT molecular complexity index is 205. The first kappa shape index (κ1) is 10.1. The third-order valence-electron chi connectivity index (χ3n) is 3.01. The molecule has 0 radical (unpaired) electrons. The van der Waals surface area contributed by atoms with E-state index >= 15 is 0 Å². The summed E-state index contributed by atoms with van der Waals surface area (Å²) in [7, 11) is 1.75. The molecule has 1 saturated heterocycles. The van der Waals surface area contributed by atoms with Gasteiger partial charge >= 0.3 is 0 Å². The molecular formula is C11H19NO2. The summed E-state index contributed by atoms with van der Waals surface area (Å²) in [6, 6.07) is 0.890. The maximum atomic E-state index is 5.39. The maximum absolute atomic E-state index is 5.39. The lowest BCUT2D eigenvalue weighted by atomic mass is 10.0. The van der Waals surface area contributed by atoms with E-state index in [0.717, 1.165) is 13.2 Å². The summed E-state index contributed by atoms with van der Waals surface area (Å²) in [6.07, 6.45) is 8.52. The summed E-state index contributed by atoms with van der Waals surface area (Å²) in [4.78, 5) is 0. The van der Waals surface area contributed by atoms with Crippen molar-refractivity contribution in [1.82, 2.24) is 5.32 Å². The van der Waals surface area contributed by atoms with Crippen LogP contribution in [-0.2, 0) is 9.47 Å². The van der Waals surface area contributed by atoms with Gasteiger partial charge in [-0.1, -0.05) is 12.2 Å². The lowest BCUT2D eigenvalue weighted by Crippen LogP contribution is -2.45. The van der Waals surface area contributed by atoms with Crippen LogP contribution in [-0.4, -0.2) is 38.5 Å². The van der Waals surface area contributed by atoms with Gasteiger partial charge in [0.1, 0.15) is 0 Å². The Kier molecular flexibility index (Phi) is 3.56. The average molecular weight is 197 g/mol. The van der Waals surface area contributed by atoms with Gasteiger partial charge in [-0.2, -0.15) is 0 Å². The van der Waals surface area contributed by atoms with Gasteiger partial charge < -0.3 is 14.8 Å². The Balaban J connectivity index is 1.83. The molecule has 2 rings (SSSR count). The van der Waals surface area contributed by atoms with Crippen LogP contribution in [0.15, 0.2) is 12.2 Å². The SMILES string of the molecule is CO[C@H]1COC[C@@H]1NC1C=CCCC1. The average Bonchev–Trinajstić information content (AvgIpc) is 2.67. The van der Waals surface area contributed by atoms with E-state index in [-0.39, 0.29) is 6.10 Å². The van der Waals surface area contributed by atoms with Crippen molar-refractivity contribution >= 4 is 0 Å². The second-order valence-electron chi connectivity index (χ2n) is 4.05. The van der Waals surface area contributed by atoms with Crippen molar-refractivity contribution in [3.05, 3.63) is 12.2 Å². The smallest absolute Gasteiger partial charge is 0.0979 e. The Morgan fingerprint density at radius 2 is 2.36 bits per heavy atom. The standard InChI is InChI=1S/C11H19NO2/c1-13-11-8-14-7-10(11)12-9-5-3-2-4-6-9/h3,5,9-12H,2,4,6-8H2,1H3/t9?,10-,11-/m0/s1. The van der Waals surface area contributed by atoms with Crippen molar-refractivity contribution in [1.29, 1.82) is 0 Å². The van der Waals surface area contributed by atoms with Gasteiger partial charge in [-0.15, -0.1) is 0 Å². The van der Waals surface area contributed by atoms with Gasteiger partial charge in [-0.05, 0) is 19.3 Å². The van der Waals surface area contributed by atoms with Crippen LogP contribution in [0.3, 0.4) is 0 Å². The van der Waals surface area contributed by atoms with Crippen LogP contribution in [0.2, 0.25) is 0 Å². The lowest BCUT2D eigenvalue weighted by molar-refractivity contribution is 0.0722. The van der Waals surface area contributed by atoms with Crippen LogP contribution >= 0.6 is 0 Å². The van der Waals surface area contributed by atoms with Crippen molar-refractivity contribution in [2.75, 3.05) is 20.3 Å². The molecule has 0 aromatic carbocycles. The van der Waals surface area contributed by atoms with Crippen LogP contribution in [0.25, 0.3) is 0 Å². The van der Waals surface area contributed by atoms with E-state index in [9.17, 15) is 0 Å². The van der Waals surface area contributed by atoms with E-state index in [0.29, 0.717) is 12.1 Å². The molecule has 3 atom stereocenters. The second kappa shape index (κ2) is 4.91. The molecule has 1 aliphatic heterocycles. The highest BCUT2D eigenvalue weighted by Gasteiger charge is 2.29. The molecule has 2 aliphatic rings. The summed E-state index contributed by atoms with van der Waals surface area (Å²) in [5.74, 6) is 0. The van der Waals surface area contributed by atoms with Crippen LogP contribution in [0, 0.1) is 0 Å². The zero-order valence-corrected chi connectivity index (χ0v) is 8.74. The second-order valence-corrected chi connectivity index (χ2v) is 4.05. The Morgan fingerprint density at radius 1 is 1.43 bits per heavy atom. The summed E-state index contributed by atoms with van der Waals surface area (Å²) < 4.78 is 10.7. The molecule has 0 aromatic rings. The number of allylic oxidation sites excluding steroid dienone is 1. The predicted molar refractivity (Wildman–Crippen MR) is 55.3 cm³/mol. The molecule has 1 unspecified atom stereocenters. The normalized spacial score (nSPS) is 37.6. The van der Waals surface area contributed by atoms with Crippen LogP contribution < -0.4 is 5.32 Å². The summed E-state index contributed by atoms with van der Waals surface area (Å²) in [5, 5.41) is 3.58. The topological polar surface area (TPSA) is 30.5 Å². The predicted octanol–water partition coefficient (Wildman–Crippen LogP) is 1.10. The quantitative estimate of drug-likeness (QED) is 0.687. The van der Waals surface area contributed by atoms with E-state index in [1.807, 2.05) is 0 Å². The molecule has 0 aromatic heterocycles. The van der Waals surface area contributed by atoms with Gasteiger partial charge in [0.05, 0.1) is 25.4 Å². The Labute approximate surface area is 85.5 Å². The Hall–Kier alpha value is -0.380. The number of hydrogen-bond acceptors (Lipinski definition) is 3. The highest BCUT2D eigenvalue weighted by atomic mass is 16.5. The molecule has 0 saturated carbocycles. The monoisotopic (exact) mass is 197 g/mol. The fourth-order valence-corrected chi connectivity index (χ4v) is 2.15. The van der Waals surface area contributed by atoms with Gasteiger partial charge in [0, 0.05) is 13.2 Å². The molecule has 14 heavy (non-hydrogen) atoms. The van der Waals surface area contributed by atoms with Crippen molar-refractivity contribution in [2.45, 2.75) is 37.5 Å². The fraction of sp³-hybridized carbons (Fsp3) is 0.818. The first-order chi connectivity index (χ1) is 6.90. The fourth-order valence-electron chi connectivity index (χ4n) is 2.15.